The van der Waals surface area contributed by atoms with E-state index in [1.54, 1.807) is 23.2 Å². The van der Waals surface area contributed by atoms with Gasteiger partial charge in [-0.3, -0.25) is 4.98 Å². The Hall–Kier alpha value is -1.77. The van der Waals surface area contributed by atoms with Crippen LogP contribution in [-0.4, -0.2) is 36.2 Å². The van der Waals surface area contributed by atoms with Crippen molar-refractivity contribution in [2.45, 2.75) is 43.7 Å². The minimum atomic E-state index is -3.74. The highest BCUT2D eigenvalue weighted by atomic mass is 32.2. The summed E-state index contributed by atoms with van der Waals surface area (Å²) in [5.41, 5.74) is 0.864. The third-order valence-electron chi connectivity index (χ3n) is 4.74. The average molecular weight is 378 g/mol. The maximum Gasteiger partial charge on any atom is 0.260 e. The van der Waals surface area contributed by atoms with E-state index in [1.807, 2.05) is 33.0 Å². The number of imidazole rings is 1. The lowest BCUT2D eigenvalue weighted by Crippen LogP contribution is -2.36. The lowest BCUT2D eigenvalue weighted by molar-refractivity contribution is 0.0564. The Balaban J connectivity index is 1.91. The third kappa shape index (κ3) is 4.13. The number of nitrogens with one attached hydrogen (secondary N) is 1. The van der Waals surface area contributed by atoms with Gasteiger partial charge in [0.25, 0.3) is 10.0 Å². The first-order chi connectivity index (χ1) is 12.4. The molecule has 0 aromatic carbocycles. The number of hydrogen-bond acceptors (Lipinski definition) is 5. The molecule has 0 amide bonds. The molecule has 3 heterocycles. The molecule has 7 nitrogen and oxygen atoms in total. The van der Waals surface area contributed by atoms with Crippen molar-refractivity contribution in [2.75, 3.05) is 13.2 Å². The minimum absolute atomic E-state index is 0.0599. The zero-order valence-corrected chi connectivity index (χ0v) is 16.2. The molecule has 1 saturated heterocycles. The van der Waals surface area contributed by atoms with Crippen LogP contribution in [0.1, 0.15) is 50.0 Å². The summed E-state index contributed by atoms with van der Waals surface area (Å²) >= 11 is 0. The van der Waals surface area contributed by atoms with Crippen LogP contribution in [0.25, 0.3) is 0 Å². The van der Waals surface area contributed by atoms with Gasteiger partial charge in [0.1, 0.15) is 5.82 Å². The molecule has 142 valence electrons. The van der Waals surface area contributed by atoms with Gasteiger partial charge in [-0.1, -0.05) is 19.9 Å². The number of hydrogen-bond donors (Lipinski definition) is 1. The molecule has 0 spiro atoms. The van der Waals surface area contributed by atoms with Crippen LogP contribution < -0.4 is 4.72 Å². The van der Waals surface area contributed by atoms with E-state index in [4.69, 9.17) is 4.74 Å². The molecule has 0 radical (unpaired) electrons. The van der Waals surface area contributed by atoms with Crippen LogP contribution in [0.2, 0.25) is 0 Å². The topological polar surface area (TPSA) is 86.1 Å². The molecule has 0 unspecified atom stereocenters. The van der Waals surface area contributed by atoms with Crippen molar-refractivity contribution < 1.29 is 13.2 Å². The maximum atomic E-state index is 13.0. The van der Waals surface area contributed by atoms with Crippen LogP contribution in [0, 0.1) is 5.92 Å². The van der Waals surface area contributed by atoms with Crippen LogP contribution in [0.15, 0.2) is 35.7 Å². The summed E-state index contributed by atoms with van der Waals surface area (Å²) in [6.07, 6.45) is 6.60. The SMILES string of the molecule is CC(C)c1nc(S(=O)(=O)N[C@H](c2cccnc2)C2CCOCC2)cn1C. The third-order valence-corrected chi connectivity index (χ3v) is 6.06. The molecule has 1 atom stereocenters. The second kappa shape index (κ2) is 7.85. The fourth-order valence-electron chi connectivity index (χ4n) is 3.39. The van der Waals surface area contributed by atoms with Crippen LogP contribution in [0.3, 0.4) is 0 Å². The first-order valence-electron chi connectivity index (χ1n) is 8.91. The van der Waals surface area contributed by atoms with Gasteiger partial charge in [-0.05, 0) is 30.4 Å². The molecule has 1 N–H and O–H groups in total. The first-order valence-corrected chi connectivity index (χ1v) is 10.4. The van der Waals surface area contributed by atoms with Gasteiger partial charge in [0, 0.05) is 44.8 Å². The second-order valence-corrected chi connectivity index (χ2v) is 8.70. The highest BCUT2D eigenvalue weighted by molar-refractivity contribution is 7.89. The fourth-order valence-corrected chi connectivity index (χ4v) is 4.69. The van der Waals surface area contributed by atoms with Gasteiger partial charge in [0.05, 0.1) is 6.04 Å². The average Bonchev–Trinajstić information content (AvgIpc) is 3.04. The van der Waals surface area contributed by atoms with Crippen LogP contribution in [-0.2, 0) is 21.8 Å². The molecule has 1 aliphatic rings. The number of ether oxygens (including phenoxy) is 1. The van der Waals surface area contributed by atoms with E-state index in [1.165, 1.54) is 0 Å². The molecule has 2 aromatic heterocycles. The quantitative estimate of drug-likeness (QED) is 0.834. The smallest absolute Gasteiger partial charge is 0.260 e. The van der Waals surface area contributed by atoms with Crippen LogP contribution in [0.5, 0.6) is 0 Å². The largest absolute Gasteiger partial charge is 0.381 e. The Morgan fingerprint density at radius 1 is 1.31 bits per heavy atom. The summed E-state index contributed by atoms with van der Waals surface area (Å²) < 4.78 is 36.1. The normalized spacial score (nSPS) is 17.5. The number of aryl methyl sites for hydroxylation is 1. The van der Waals surface area contributed by atoms with Crippen molar-refractivity contribution in [3.8, 4) is 0 Å². The lowest BCUT2D eigenvalue weighted by Gasteiger charge is -2.30. The Labute approximate surface area is 154 Å². The molecule has 26 heavy (non-hydrogen) atoms. The Morgan fingerprint density at radius 2 is 2.04 bits per heavy atom. The number of aromatic nitrogens is 3. The van der Waals surface area contributed by atoms with Crippen molar-refractivity contribution in [1.82, 2.24) is 19.3 Å². The molecule has 0 aliphatic carbocycles. The summed E-state index contributed by atoms with van der Waals surface area (Å²) in [5.74, 6) is 1.05. The number of rotatable bonds is 6. The van der Waals surface area contributed by atoms with E-state index in [0.717, 1.165) is 24.2 Å². The molecule has 8 heteroatoms. The van der Waals surface area contributed by atoms with Gasteiger partial charge in [-0.15, -0.1) is 0 Å². The zero-order valence-electron chi connectivity index (χ0n) is 15.4. The molecule has 1 aliphatic heterocycles. The van der Waals surface area contributed by atoms with Crippen molar-refractivity contribution in [3.63, 3.8) is 0 Å². The Morgan fingerprint density at radius 3 is 2.62 bits per heavy atom. The van der Waals surface area contributed by atoms with Crippen molar-refractivity contribution in [3.05, 3.63) is 42.1 Å². The zero-order chi connectivity index (χ0) is 18.7. The van der Waals surface area contributed by atoms with Crippen molar-refractivity contribution in [2.24, 2.45) is 13.0 Å². The van der Waals surface area contributed by atoms with E-state index in [0.29, 0.717) is 13.2 Å². The van der Waals surface area contributed by atoms with Gasteiger partial charge < -0.3 is 9.30 Å². The van der Waals surface area contributed by atoms with Crippen molar-refractivity contribution in [1.29, 1.82) is 0 Å². The summed E-state index contributed by atoms with van der Waals surface area (Å²) in [5, 5.41) is 0.0599. The standard InChI is InChI=1S/C18H26N4O3S/c1-13(2)18-20-16(12-22(18)3)26(23,24)21-17(14-6-9-25-10-7-14)15-5-4-8-19-11-15/h4-5,8,11-14,17,21H,6-7,9-10H2,1-3H3/t17-/m0/s1. The summed E-state index contributed by atoms with van der Waals surface area (Å²) in [4.78, 5) is 8.50. The van der Waals surface area contributed by atoms with Crippen LogP contribution in [0.4, 0.5) is 0 Å². The van der Waals surface area contributed by atoms with Crippen LogP contribution >= 0.6 is 0 Å². The van der Waals surface area contributed by atoms with Gasteiger partial charge in [-0.2, -0.15) is 0 Å². The maximum absolute atomic E-state index is 13.0. The monoisotopic (exact) mass is 378 g/mol. The molecule has 0 saturated carbocycles. The van der Waals surface area contributed by atoms with E-state index < -0.39 is 10.0 Å². The summed E-state index contributed by atoms with van der Waals surface area (Å²) in [6.45, 7) is 5.27. The predicted octanol–water partition coefficient (Wildman–Crippen LogP) is 2.38. The fraction of sp³-hybridized carbons (Fsp3) is 0.556. The van der Waals surface area contributed by atoms with E-state index in [2.05, 4.69) is 14.7 Å². The van der Waals surface area contributed by atoms with Gasteiger partial charge >= 0.3 is 0 Å². The van der Waals surface area contributed by atoms with Crippen molar-refractivity contribution >= 4 is 10.0 Å². The Kier molecular flexibility index (Phi) is 5.74. The summed E-state index contributed by atoms with van der Waals surface area (Å²) in [7, 11) is -1.92. The van der Waals surface area contributed by atoms with Gasteiger partial charge in [0.2, 0.25) is 0 Å². The molecular weight excluding hydrogens is 352 g/mol. The highest BCUT2D eigenvalue weighted by Gasteiger charge is 2.31. The predicted molar refractivity (Wildman–Crippen MR) is 98.1 cm³/mol. The van der Waals surface area contributed by atoms with E-state index >= 15 is 0 Å². The molecular formula is C18H26N4O3S. The van der Waals surface area contributed by atoms with Gasteiger partial charge in [-0.25, -0.2) is 18.1 Å². The molecule has 3 rings (SSSR count). The van der Waals surface area contributed by atoms with E-state index in [9.17, 15) is 8.42 Å². The molecule has 1 fully saturated rings. The number of nitrogens with zero attached hydrogens (tertiary/aromatic N) is 3. The first kappa shape index (κ1) is 19.0. The highest BCUT2D eigenvalue weighted by Crippen LogP contribution is 2.31. The summed E-state index contributed by atoms with van der Waals surface area (Å²) in [6, 6.07) is 3.39. The second-order valence-electron chi connectivity index (χ2n) is 7.04. The number of pyridine rings is 1. The van der Waals surface area contributed by atoms with Gasteiger partial charge in [0.15, 0.2) is 5.03 Å². The minimum Gasteiger partial charge on any atom is -0.381 e. The van der Waals surface area contributed by atoms with E-state index in [-0.39, 0.29) is 22.9 Å². The molecule has 2 aromatic rings. The molecule has 0 bridgehead atoms. The Bertz CT molecular complexity index is 827. The lowest BCUT2D eigenvalue weighted by atomic mass is 9.88. The number of sulfonamides is 1.